The number of hydrogen-bond donors (Lipinski definition) is 0. The molecule has 1 saturated heterocycles. The van der Waals surface area contributed by atoms with Crippen molar-refractivity contribution < 1.29 is 19.1 Å². The number of carbonyl (C=O) groups excluding carboxylic acids is 2. The molecular weight excluding hydrogens is 416 g/mol. The minimum atomic E-state index is -0.259. The molecule has 0 bridgehead atoms. The van der Waals surface area contributed by atoms with Gasteiger partial charge in [-0.05, 0) is 37.3 Å². The Hall–Kier alpha value is -2.08. The van der Waals surface area contributed by atoms with Crippen LogP contribution in [0.2, 0.25) is 0 Å². The number of likely N-dealkylation sites (tertiary alicyclic amines) is 1. The minimum Gasteiger partial charge on any atom is -0.485 e. The lowest BCUT2D eigenvalue weighted by atomic mass is 9.82. The fraction of sp³-hybridized carbons (Fsp3) is 0.704. The monoisotopic (exact) mass is 456 g/mol. The predicted molar refractivity (Wildman–Crippen MR) is 128 cm³/mol. The highest BCUT2D eigenvalue weighted by Crippen LogP contribution is 2.31. The Bertz CT molecular complexity index is 794. The van der Waals surface area contributed by atoms with Crippen molar-refractivity contribution in [1.29, 1.82) is 0 Å². The SMILES string of the molecule is CN1CCCCCCCCO[C@@H]2CN(C(=O)CCC3CCC3)C[C@H]2Oc2ccccc2C1=O. The molecule has 1 aromatic rings. The van der Waals surface area contributed by atoms with E-state index >= 15 is 0 Å². The number of fused-ring (bicyclic) bond motifs is 2. The summed E-state index contributed by atoms with van der Waals surface area (Å²) >= 11 is 0. The zero-order valence-corrected chi connectivity index (χ0v) is 20.2. The number of rotatable bonds is 3. The molecule has 0 aromatic heterocycles. The van der Waals surface area contributed by atoms with Crippen LogP contribution in [0.15, 0.2) is 24.3 Å². The lowest BCUT2D eigenvalue weighted by Crippen LogP contribution is -2.34. The molecule has 6 nitrogen and oxygen atoms in total. The Morgan fingerprint density at radius 2 is 1.70 bits per heavy atom. The summed E-state index contributed by atoms with van der Waals surface area (Å²) in [6.07, 6.45) is 11.8. The molecule has 6 heteroatoms. The van der Waals surface area contributed by atoms with Gasteiger partial charge in [-0.25, -0.2) is 0 Å². The summed E-state index contributed by atoms with van der Waals surface area (Å²) < 4.78 is 12.7. The highest BCUT2D eigenvalue weighted by molar-refractivity contribution is 5.96. The van der Waals surface area contributed by atoms with Gasteiger partial charge in [0.05, 0.1) is 18.7 Å². The topological polar surface area (TPSA) is 59.1 Å². The van der Waals surface area contributed by atoms with Crippen molar-refractivity contribution >= 4 is 11.8 Å². The van der Waals surface area contributed by atoms with Gasteiger partial charge in [0.25, 0.3) is 5.91 Å². The first-order chi connectivity index (χ1) is 16.1. The molecule has 2 aliphatic heterocycles. The molecule has 1 aliphatic carbocycles. The van der Waals surface area contributed by atoms with Gasteiger partial charge in [0.15, 0.2) is 0 Å². The van der Waals surface area contributed by atoms with Gasteiger partial charge in [-0.3, -0.25) is 9.59 Å². The van der Waals surface area contributed by atoms with Crippen LogP contribution in [0, 0.1) is 5.92 Å². The van der Waals surface area contributed by atoms with Crippen LogP contribution in [-0.4, -0.2) is 67.1 Å². The predicted octanol–water partition coefficient (Wildman–Crippen LogP) is 4.67. The molecule has 2 heterocycles. The molecule has 0 radical (unpaired) electrons. The molecule has 2 atom stereocenters. The largest absolute Gasteiger partial charge is 0.485 e. The first-order valence-corrected chi connectivity index (χ1v) is 13.0. The summed E-state index contributed by atoms with van der Waals surface area (Å²) in [5.41, 5.74) is 0.584. The van der Waals surface area contributed by atoms with E-state index < -0.39 is 0 Å². The smallest absolute Gasteiger partial charge is 0.257 e. The maximum atomic E-state index is 13.1. The maximum absolute atomic E-state index is 13.1. The maximum Gasteiger partial charge on any atom is 0.257 e. The summed E-state index contributed by atoms with van der Waals surface area (Å²) in [5.74, 6) is 1.51. The molecule has 0 N–H and O–H groups in total. The first kappa shape index (κ1) is 24.1. The van der Waals surface area contributed by atoms with E-state index in [2.05, 4.69) is 0 Å². The molecule has 0 spiro atoms. The third-order valence-corrected chi connectivity index (χ3v) is 7.52. The van der Waals surface area contributed by atoms with E-state index in [4.69, 9.17) is 9.47 Å². The van der Waals surface area contributed by atoms with Crippen molar-refractivity contribution in [3.05, 3.63) is 29.8 Å². The molecule has 2 fully saturated rings. The molecule has 4 rings (SSSR count). The molecule has 33 heavy (non-hydrogen) atoms. The highest BCUT2D eigenvalue weighted by Gasteiger charge is 2.38. The Labute approximate surface area is 198 Å². The Kier molecular flexibility index (Phi) is 8.65. The zero-order chi connectivity index (χ0) is 23.0. The fourth-order valence-electron chi connectivity index (χ4n) is 5.10. The van der Waals surface area contributed by atoms with Gasteiger partial charge in [-0.1, -0.05) is 57.1 Å². The quantitative estimate of drug-likeness (QED) is 0.663. The van der Waals surface area contributed by atoms with E-state index in [1.54, 1.807) is 4.90 Å². The van der Waals surface area contributed by atoms with Crippen LogP contribution in [-0.2, 0) is 9.53 Å². The second-order valence-corrected chi connectivity index (χ2v) is 10.0. The first-order valence-electron chi connectivity index (χ1n) is 13.0. The van der Waals surface area contributed by atoms with Gasteiger partial charge in [0, 0.05) is 26.6 Å². The molecule has 1 saturated carbocycles. The number of benzene rings is 1. The average Bonchev–Trinajstić information content (AvgIpc) is 3.18. The average molecular weight is 457 g/mol. The van der Waals surface area contributed by atoms with Gasteiger partial charge >= 0.3 is 0 Å². The van der Waals surface area contributed by atoms with E-state index in [0.29, 0.717) is 37.4 Å². The normalized spacial score (nSPS) is 25.7. The molecular formula is C27H40N2O4. The third kappa shape index (κ3) is 6.50. The second kappa shape index (κ2) is 11.9. The lowest BCUT2D eigenvalue weighted by molar-refractivity contribution is -0.131. The Morgan fingerprint density at radius 3 is 2.48 bits per heavy atom. The summed E-state index contributed by atoms with van der Waals surface area (Å²) in [4.78, 5) is 29.8. The van der Waals surface area contributed by atoms with Crippen LogP contribution in [0.25, 0.3) is 0 Å². The molecule has 182 valence electrons. The Morgan fingerprint density at radius 1 is 0.970 bits per heavy atom. The number of ether oxygens (including phenoxy) is 2. The molecule has 1 aromatic carbocycles. The number of hydrogen-bond acceptors (Lipinski definition) is 4. The fourth-order valence-corrected chi connectivity index (χ4v) is 5.10. The van der Waals surface area contributed by atoms with Crippen molar-refractivity contribution in [2.24, 2.45) is 5.92 Å². The zero-order valence-electron chi connectivity index (χ0n) is 20.2. The molecule has 3 aliphatic rings. The van der Waals surface area contributed by atoms with Crippen molar-refractivity contribution in [2.75, 3.05) is 33.3 Å². The van der Waals surface area contributed by atoms with Gasteiger partial charge in [0.1, 0.15) is 18.0 Å². The molecule has 0 unspecified atom stereocenters. The van der Waals surface area contributed by atoms with E-state index in [-0.39, 0.29) is 24.0 Å². The van der Waals surface area contributed by atoms with Crippen LogP contribution >= 0.6 is 0 Å². The van der Waals surface area contributed by atoms with E-state index in [0.717, 1.165) is 44.6 Å². The van der Waals surface area contributed by atoms with Crippen LogP contribution in [0.1, 0.15) is 81.0 Å². The van der Waals surface area contributed by atoms with Gasteiger partial charge < -0.3 is 19.3 Å². The van der Waals surface area contributed by atoms with E-state index in [1.165, 1.54) is 32.1 Å². The van der Waals surface area contributed by atoms with Crippen LogP contribution in [0.4, 0.5) is 0 Å². The van der Waals surface area contributed by atoms with Crippen LogP contribution in [0.5, 0.6) is 5.75 Å². The van der Waals surface area contributed by atoms with Gasteiger partial charge in [-0.15, -0.1) is 0 Å². The van der Waals surface area contributed by atoms with Crippen molar-refractivity contribution in [3.63, 3.8) is 0 Å². The summed E-state index contributed by atoms with van der Waals surface area (Å²) in [5, 5.41) is 0. The number of para-hydroxylation sites is 1. The summed E-state index contributed by atoms with van der Waals surface area (Å²) in [7, 11) is 1.87. The van der Waals surface area contributed by atoms with Gasteiger partial charge in [0.2, 0.25) is 5.91 Å². The Balaban J connectivity index is 1.47. The van der Waals surface area contributed by atoms with Gasteiger partial charge in [-0.2, -0.15) is 0 Å². The molecule has 2 amide bonds. The van der Waals surface area contributed by atoms with Crippen LogP contribution in [0.3, 0.4) is 0 Å². The number of amides is 2. The summed E-state index contributed by atoms with van der Waals surface area (Å²) in [6.45, 7) is 2.54. The third-order valence-electron chi connectivity index (χ3n) is 7.52. The van der Waals surface area contributed by atoms with Crippen molar-refractivity contribution in [2.45, 2.75) is 82.8 Å². The second-order valence-electron chi connectivity index (χ2n) is 10.0. The lowest BCUT2D eigenvalue weighted by Gasteiger charge is -2.26. The highest BCUT2D eigenvalue weighted by atomic mass is 16.5. The van der Waals surface area contributed by atoms with E-state index in [9.17, 15) is 9.59 Å². The number of carbonyl (C=O) groups is 2. The standard InChI is InChI=1S/C27H40N2O4/c1-28-17-8-4-2-3-5-9-18-32-24-19-29(26(30)16-15-21-11-10-12-21)20-25(24)33-23-14-7-6-13-22(23)27(28)31/h6-7,13-14,21,24-25H,2-5,8-12,15-20H2,1H3/t24-,25-/m1/s1. The minimum absolute atomic E-state index is 0.0124. The number of nitrogens with zero attached hydrogens (tertiary/aromatic N) is 2. The van der Waals surface area contributed by atoms with Crippen LogP contribution < -0.4 is 4.74 Å². The van der Waals surface area contributed by atoms with Crippen molar-refractivity contribution in [1.82, 2.24) is 9.80 Å². The van der Waals surface area contributed by atoms with Crippen molar-refractivity contribution in [3.8, 4) is 5.75 Å². The van der Waals surface area contributed by atoms with E-state index in [1.807, 2.05) is 36.2 Å². The summed E-state index contributed by atoms with van der Waals surface area (Å²) in [6, 6.07) is 7.48.